The summed E-state index contributed by atoms with van der Waals surface area (Å²) in [6.45, 7) is 1.63. The molecule has 23 heavy (non-hydrogen) atoms. The Morgan fingerprint density at radius 2 is 1.96 bits per heavy atom. The smallest absolute Gasteiger partial charge is 0.330 e. The summed E-state index contributed by atoms with van der Waals surface area (Å²) >= 11 is 0. The van der Waals surface area contributed by atoms with E-state index in [4.69, 9.17) is 0 Å². The van der Waals surface area contributed by atoms with Crippen LogP contribution in [0.3, 0.4) is 0 Å². The molecule has 7 nitrogen and oxygen atoms in total. The van der Waals surface area contributed by atoms with Gasteiger partial charge in [0, 0.05) is 25.7 Å². The third-order valence-electron chi connectivity index (χ3n) is 3.43. The molecule has 0 saturated carbocycles. The second-order valence-corrected chi connectivity index (χ2v) is 5.04. The molecular weight excluding hydrogens is 298 g/mol. The van der Waals surface area contributed by atoms with Crippen LogP contribution in [0.15, 0.2) is 30.4 Å². The number of carbonyl (C=O) groups is 3. The maximum atomic E-state index is 12.3. The molecule has 1 fully saturated rings. The van der Waals surface area contributed by atoms with Gasteiger partial charge in [0.2, 0.25) is 0 Å². The lowest BCUT2D eigenvalue weighted by Crippen LogP contribution is -2.30. The highest BCUT2D eigenvalue weighted by molar-refractivity contribution is 5.96. The lowest BCUT2D eigenvalue weighted by molar-refractivity contribution is -0.134. The third-order valence-corrected chi connectivity index (χ3v) is 3.43. The van der Waals surface area contributed by atoms with Crippen molar-refractivity contribution in [1.29, 1.82) is 0 Å². The number of carbonyl (C=O) groups excluding carboxylic acids is 3. The molecule has 1 aromatic heterocycles. The van der Waals surface area contributed by atoms with Crippen LogP contribution < -0.4 is 5.32 Å². The van der Waals surface area contributed by atoms with Gasteiger partial charge in [-0.3, -0.25) is 9.59 Å². The van der Waals surface area contributed by atoms with Gasteiger partial charge in [0.25, 0.3) is 11.8 Å². The van der Waals surface area contributed by atoms with Crippen LogP contribution in [0, 0.1) is 0 Å². The highest BCUT2D eigenvalue weighted by atomic mass is 16.5. The molecule has 1 saturated heterocycles. The number of pyridine rings is 1. The Labute approximate surface area is 134 Å². The van der Waals surface area contributed by atoms with Crippen LogP contribution in [0.25, 0.3) is 0 Å². The molecule has 1 aliphatic rings. The summed E-state index contributed by atoms with van der Waals surface area (Å²) in [5.41, 5.74) is 0.436. The zero-order valence-corrected chi connectivity index (χ0v) is 12.9. The summed E-state index contributed by atoms with van der Waals surface area (Å²) in [5.74, 6) is -1.05. The average molecular weight is 317 g/mol. The molecular formula is C16H19N3O4. The van der Waals surface area contributed by atoms with E-state index in [-0.39, 0.29) is 23.8 Å². The van der Waals surface area contributed by atoms with Gasteiger partial charge in [0.1, 0.15) is 11.4 Å². The molecule has 2 rings (SSSR count). The van der Waals surface area contributed by atoms with E-state index in [1.165, 1.54) is 19.3 Å². The van der Waals surface area contributed by atoms with E-state index in [2.05, 4.69) is 15.0 Å². The molecule has 0 atom stereocenters. The fourth-order valence-corrected chi connectivity index (χ4v) is 2.23. The summed E-state index contributed by atoms with van der Waals surface area (Å²) in [7, 11) is 1.28. The zero-order chi connectivity index (χ0) is 16.7. The summed E-state index contributed by atoms with van der Waals surface area (Å²) in [5, 5.41) is 2.59. The van der Waals surface area contributed by atoms with Crippen LogP contribution in [0.2, 0.25) is 0 Å². The van der Waals surface area contributed by atoms with E-state index in [1.807, 2.05) is 0 Å². The highest BCUT2D eigenvalue weighted by Gasteiger charge is 2.21. The van der Waals surface area contributed by atoms with Crippen molar-refractivity contribution in [2.75, 3.05) is 26.7 Å². The normalized spacial score (nSPS) is 14.0. The topological polar surface area (TPSA) is 88.6 Å². The monoisotopic (exact) mass is 317 g/mol. The van der Waals surface area contributed by atoms with Gasteiger partial charge in [-0.15, -0.1) is 0 Å². The van der Waals surface area contributed by atoms with Crippen molar-refractivity contribution < 1.29 is 19.1 Å². The molecule has 2 heterocycles. The Hall–Kier alpha value is -2.70. The van der Waals surface area contributed by atoms with E-state index in [0.717, 1.165) is 25.9 Å². The van der Waals surface area contributed by atoms with Crippen molar-refractivity contribution in [2.24, 2.45) is 0 Å². The molecule has 0 aliphatic carbocycles. The Morgan fingerprint density at radius 1 is 1.26 bits per heavy atom. The molecule has 122 valence electrons. The number of amides is 2. The first-order valence-electron chi connectivity index (χ1n) is 7.41. The van der Waals surface area contributed by atoms with E-state index in [9.17, 15) is 14.4 Å². The van der Waals surface area contributed by atoms with Crippen molar-refractivity contribution >= 4 is 17.8 Å². The number of likely N-dealkylation sites (tertiary alicyclic amines) is 1. The number of nitrogens with one attached hydrogen (secondary N) is 1. The molecule has 0 spiro atoms. The minimum Gasteiger partial charge on any atom is -0.466 e. The minimum absolute atomic E-state index is 0.150. The van der Waals surface area contributed by atoms with Gasteiger partial charge >= 0.3 is 5.97 Å². The molecule has 1 N–H and O–H groups in total. The first-order chi connectivity index (χ1) is 11.1. The van der Waals surface area contributed by atoms with Crippen LogP contribution in [-0.2, 0) is 9.53 Å². The molecule has 1 aromatic rings. The zero-order valence-electron chi connectivity index (χ0n) is 12.9. The number of aromatic nitrogens is 1. The number of nitrogens with zero attached hydrogens (tertiary/aromatic N) is 2. The standard InChI is InChI=1S/C16H19N3O4/c1-23-14(20)8-5-9-17-15(21)12-6-4-7-13(18-12)16(22)19-10-2-3-11-19/h4-8H,2-3,9-11H2,1H3,(H,17,21)/b8-5+. The molecule has 7 heteroatoms. The summed E-state index contributed by atoms with van der Waals surface area (Å²) in [6, 6.07) is 4.78. The highest BCUT2D eigenvalue weighted by Crippen LogP contribution is 2.11. The maximum Gasteiger partial charge on any atom is 0.330 e. The molecule has 0 bridgehead atoms. The van der Waals surface area contributed by atoms with Crippen LogP contribution in [0.4, 0.5) is 0 Å². The van der Waals surface area contributed by atoms with Crippen LogP contribution in [-0.4, -0.2) is 54.4 Å². The van der Waals surface area contributed by atoms with Gasteiger partial charge in [-0.05, 0) is 25.0 Å². The van der Waals surface area contributed by atoms with Crippen molar-refractivity contribution in [3.8, 4) is 0 Å². The summed E-state index contributed by atoms with van der Waals surface area (Å²) in [6.07, 6.45) is 4.70. The quantitative estimate of drug-likeness (QED) is 0.640. The van der Waals surface area contributed by atoms with Gasteiger partial charge in [-0.25, -0.2) is 9.78 Å². The molecule has 0 aromatic carbocycles. The fourth-order valence-electron chi connectivity index (χ4n) is 2.23. The first-order valence-corrected chi connectivity index (χ1v) is 7.41. The Morgan fingerprint density at radius 3 is 2.65 bits per heavy atom. The van der Waals surface area contributed by atoms with Gasteiger partial charge in [-0.2, -0.15) is 0 Å². The lowest BCUT2D eigenvalue weighted by atomic mass is 10.2. The molecule has 1 aliphatic heterocycles. The van der Waals surface area contributed by atoms with E-state index < -0.39 is 11.9 Å². The summed E-state index contributed by atoms with van der Waals surface area (Å²) < 4.78 is 4.44. The average Bonchev–Trinajstić information content (AvgIpc) is 3.12. The lowest BCUT2D eigenvalue weighted by Gasteiger charge is -2.14. The van der Waals surface area contributed by atoms with Gasteiger partial charge < -0.3 is 15.0 Å². The second kappa shape index (κ2) is 8.07. The largest absolute Gasteiger partial charge is 0.466 e. The predicted molar refractivity (Wildman–Crippen MR) is 82.9 cm³/mol. The number of ether oxygens (including phenoxy) is 1. The Kier molecular flexibility index (Phi) is 5.85. The van der Waals surface area contributed by atoms with Crippen LogP contribution in [0.5, 0.6) is 0 Å². The van der Waals surface area contributed by atoms with E-state index in [1.54, 1.807) is 23.1 Å². The maximum absolute atomic E-state index is 12.3. The predicted octanol–water partition coefficient (Wildman–Crippen LogP) is 0.777. The molecule has 2 amide bonds. The van der Waals surface area contributed by atoms with Gasteiger partial charge in [-0.1, -0.05) is 12.1 Å². The van der Waals surface area contributed by atoms with Gasteiger partial charge in [0.15, 0.2) is 0 Å². The first kappa shape index (κ1) is 16.7. The van der Waals surface area contributed by atoms with Gasteiger partial charge in [0.05, 0.1) is 7.11 Å². The van der Waals surface area contributed by atoms with Crippen LogP contribution in [0.1, 0.15) is 33.8 Å². The van der Waals surface area contributed by atoms with Crippen molar-refractivity contribution in [3.63, 3.8) is 0 Å². The van der Waals surface area contributed by atoms with Crippen molar-refractivity contribution in [1.82, 2.24) is 15.2 Å². The third kappa shape index (κ3) is 4.64. The van der Waals surface area contributed by atoms with Crippen molar-refractivity contribution in [3.05, 3.63) is 41.7 Å². The fraction of sp³-hybridized carbons (Fsp3) is 0.375. The number of rotatable bonds is 5. The number of methoxy groups -OCH3 is 1. The number of esters is 1. The van der Waals surface area contributed by atoms with Crippen LogP contribution >= 0.6 is 0 Å². The van der Waals surface area contributed by atoms with E-state index in [0.29, 0.717) is 0 Å². The second-order valence-electron chi connectivity index (χ2n) is 5.04. The summed E-state index contributed by atoms with van der Waals surface area (Å²) in [4.78, 5) is 41.0. The molecule has 0 radical (unpaired) electrons. The van der Waals surface area contributed by atoms with Crippen molar-refractivity contribution in [2.45, 2.75) is 12.8 Å². The Balaban J connectivity index is 1.95. The molecule has 0 unspecified atom stereocenters. The Bertz CT molecular complexity index is 622. The number of hydrogen-bond acceptors (Lipinski definition) is 5. The number of hydrogen-bond donors (Lipinski definition) is 1. The minimum atomic E-state index is -0.490. The SMILES string of the molecule is COC(=O)/C=C/CNC(=O)c1cccc(C(=O)N2CCCC2)n1. The van der Waals surface area contributed by atoms with E-state index >= 15 is 0 Å².